The largest absolute Gasteiger partial charge is 0.330 e. The number of carbonyl (C=O) groups is 1. The van der Waals surface area contributed by atoms with E-state index in [4.69, 9.17) is 0 Å². The quantitative estimate of drug-likeness (QED) is 0.754. The van der Waals surface area contributed by atoms with Crippen LogP contribution in [-0.4, -0.2) is 47.5 Å². The van der Waals surface area contributed by atoms with Crippen LogP contribution in [0.4, 0.5) is 10.5 Å². The Morgan fingerprint density at radius 1 is 1.19 bits per heavy atom. The summed E-state index contributed by atoms with van der Waals surface area (Å²) in [5, 5.41) is 3.21. The fraction of sp³-hybridized carbons (Fsp3) is 0.667. The molecule has 0 spiro atoms. The van der Waals surface area contributed by atoms with Crippen LogP contribution in [0.2, 0.25) is 0 Å². The third-order valence-electron chi connectivity index (χ3n) is 6.43. The fourth-order valence-electron chi connectivity index (χ4n) is 4.83. The van der Waals surface area contributed by atoms with Gasteiger partial charge in [0.2, 0.25) is 0 Å². The number of carbonyl (C=O) groups excluding carboxylic acids is 1. The lowest BCUT2D eigenvalue weighted by molar-refractivity contribution is 0.255. The van der Waals surface area contributed by atoms with Gasteiger partial charge in [-0.25, -0.2) is 9.10 Å². The summed E-state index contributed by atoms with van der Waals surface area (Å²) < 4.78 is 5.20. The minimum Gasteiger partial charge on any atom is -0.307 e. The molecule has 1 heterocycles. The number of likely N-dealkylation sites (tertiary alicyclic amines) is 1. The first-order valence-electron chi connectivity index (χ1n) is 10.4. The van der Waals surface area contributed by atoms with Crippen LogP contribution in [-0.2, 0) is 25.7 Å². The van der Waals surface area contributed by atoms with Crippen LogP contribution in [0.1, 0.15) is 55.4 Å². The second-order valence-electron chi connectivity index (χ2n) is 8.46. The Labute approximate surface area is 167 Å². The maximum Gasteiger partial charge on any atom is 0.330 e. The third kappa shape index (κ3) is 3.98. The van der Waals surface area contributed by atoms with Crippen LogP contribution in [0.3, 0.4) is 0 Å². The number of benzene rings is 1. The van der Waals surface area contributed by atoms with Crippen molar-refractivity contribution >= 4 is 23.9 Å². The zero-order valence-electron chi connectivity index (χ0n) is 16.8. The molecular weight excluding hydrogens is 356 g/mol. The summed E-state index contributed by atoms with van der Waals surface area (Å²) in [7, 11) is 2.08. The van der Waals surface area contributed by atoms with E-state index in [1.54, 1.807) is 0 Å². The minimum atomic E-state index is -0.0973. The van der Waals surface area contributed by atoms with Gasteiger partial charge in [-0.05, 0) is 88.1 Å². The number of amides is 2. The Morgan fingerprint density at radius 3 is 2.44 bits per heavy atom. The number of hydrogen-bond donors (Lipinski definition) is 2. The van der Waals surface area contributed by atoms with E-state index in [2.05, 4.69) is 46.2 Å². The van der Waals surface area contributed by atoms with E-state index < -0.39 is 0 Å². The summed E-state index contributed by atoms with van der Waals surface area (Å²) >= 11 is 1.43. The SMILES string of the molecule is CC(C)N1CCC(N(C)SNC(=O)Nc2c3c(cc4c2CCC4)CCC3)C1. The predicted octanol–water partition coefficient (Wildman–Crippen LogP) is 3.76. The lowest BCUT2D eigenvalue weighted by Gasteiger charge is -2.25. The number of urea groups is 1. The van der Waals surface area contributed by atoms with Gasteiger partial charge < -0.3 is 5.32 Å². The summed E-state index contributed by atoms with van der Waals surface area (Å²) in [4.78, 5) is 15.1. The first-order valence-corrected chi connectivity index (χ1v) is 11.2. The van der Waals surface area contributed by atoms with Crippen molar-refractivity contribution in [3.05, 3.63) is 28.3 Å². The third-order valence-corrected chi connectivity index (χ3v) is 7.30. The van der Waals surface area contributed by atoms with Gasteiger partial charge >= 0.3 is 6.03 Å². The first-order chi connectivity index (χ1) is 13.0. The number of anilines is 1. The number of aryl methyl sites for hydroxylation is 2. The van der Waals surface area contributed by atoms with Crippen molar-refractivity contribution in [2.45, 2.75) is 70.9 Å². The van der Waals surface area contributed by atoms with Gasteiger partial charge in [-0.3, -0.25) is 9.62 Å². The van der Waals surface area contributed by atoms with Crippen LogP contribution >= 0.6 is 12.1 Å². The maximum atomic E-state index is 12.6. The van der Waals surface area contributed by atoms with Crippen molar-refractivity contribution in [2.24, 2.45) is 0 Å². The van der Waals surface area contributed by atoms with Gasteiger partial charge in [-0.1, -0.05) is 6.07 Å². The number of likely N-dealkylation sites (N-methyl/N-ethyl adjacent to an activating group) is 1. The molecular formula is C21H32N4OS. The number of nitrogens with one attached hydrogen (secondary N) is 2. The van der Waals surface area contributed by atoms with Gasteiger partial charge in [-0.15, -0.1) is 0 Å². The van der Waals surface area contributed by atoms with Crippen molar-refractivity contribution < 1.29 is 4.79 Å². The molecule has 0 bridgehead atoms. The van der Waals surface area contributed by atoms with Crippen molar-refractivity contribution in [1.29, 1.82) is 0 Å². The summed E-state index contributed by atoms with van der Waals surface area (Å²) in [6.45, 7) is 6.71. The number of hydrogen-bond acceptors (Lipinski definition) is 4. The molecule has 27 heavy (non-hydrogen) atoms. The Balaban J connectivity index is 1.36. The summed E-state index contributed by atoms with van der Waals surface area (Å²) in [6.07, 6.45) is 8.08. The highest BCUT2D eigenvalue weighted by Crippen LogP contribution is 2.38. The van der Waals surface area contributed by atoms with E-state index in [0.717, 1.165) is 50.9 Å². The van der Waals surface area contributed by atoms with E-state index in [9.17, 15) is 4.79 Å². The normalized spacial score (nSPS) is 21.7. The summed E-state index contributed by atoms with van der Waals surface area (Å²) in [5.74, 6) is 0. The highest BCUT2D eigenvalue weighted by atomic mass is 32.2. The number of fused-ring (bicyclic) bond motifs is 2. The van der Waals surface area contributed by atoms with E-state index in [1.165, 1.54) is 47.2 Å². The molecule has 1 saturated heterocycles. The first kappa shape index (κ1) is 19.1. The van der Waals surface area contributed by atoms with Crippen LogP contribution < -0.4 is 10.0 Å². The smallest absolute Gasteiger partial charge is 0.307 e. The van der Waals surface area contributed by atoms with Gasteiger partial charge in [0.05, 0.1) is 0 Å². The molecule has 1 atom stereocenters. The number of nitrogens with zero attached hydrogens (tertiary/aromatic N) is 2. The Hall–Kier alpha value is -1.24. The molecule has 2 aliphatic carbocycles. The Bertz CT molecular complexity index is 688. The lowest BCUT2D eigenvalue weighted by Crippen LogP contribution is -2.36. The molecule has 0 aromatic heterocycles. The fourth-order valence-corrected chi connectivity index (χ4v) is 5.43. The monoisotopic (exact) mass is 388 g/mol. The van der Waals surface area contributed by atoms with Crippen LogP contribution in [0.5, 0.6) is 0 Å². The number of rotatable bonds is 5. The molecule has 2 amide bonds. The molecule has 1 unspecified atom stereocenters. The van der Waals surface area contributed by atoms with Crippen LogP contribution in [0.15, 0.2) is 6.07 Å². The van der Waals surface area contributed by atoms with Gasteiger partial charge in [0.25, 0.3) is 0 Å². The van der Waals surface area contributed by atoms with Crippen LogP contribution in [0.25, 0.3) is 0 Å². The zero-order chi connectivity index (χ0) is 19.0. The summed E-state index contributed by atoms with van der Waals surface area (Å²) in [6, 6.07) is 3.38. The standard InChI is InChI=1S/C21H32N4OS/c1-14(2)25-11-10-17(13-25)24(3)27-23-21(26)22-20-18-8-4-6-15(18)12-16-7-5-9-19(16)20/h12,14,17H,4-11,13H2,1-3H3,(H2,22,23,26). The Kier molecular flexibility index (Phi) is 5.67. The molecule has 5 nitrogen and oxygen atoms in total. The lowest BCUT2D eigenvalue weighted by atomic mass is 9.99. The molecule has 1 aromatic carbocycles. The Morgan fingerprint density at radius 2 is 1.85 bits per heavy atom. The average molecular weight is 389 g/mol. The van der Waals surface area contributed by atoms with Crippen molar-refractivity contribution in [3.63, 3.8) is 0 Å². The van der Waals surface area contributed by atoms with Crippen molar-refractivity contribution in [3.8, 4) is 0 Å². The second kappa shape index (κ2) is 8.02. The summed E-state index contributed by atoms with van der Waals surface area (Å²) in [5.41, 5.74) is 6.79. The van der Waals surface area contributed by atoms with Crippen molar-refractivity contribution in [1.82, 2.24) is 13.9 Å². The van der Waals surface area contributed by atoms with Gasteiger partial charge in [0, 0.05) is 43.0 Å². The van der Waals surface area contributed by atoms with Gasteiger partial charge in [0.15, 0.2) is 0 Å². The van der Waals surface area contributed by atoms with Gasteiger partial charge in [0.1, 0.15) is 0 Å². The molecule has 1 aliphatic heterocycles. The molecule has 0 radical (unpaired) electrons. The van der Waals surface area contributed by atoms with E-state index >= 15 is 0 Å². The topological polar surface area (TPSA) is 47.6 Å². The van der Waals surface area contributed by atoms with Gasteiger partial charge in [-0.2, -0.15) is 0 Å². The highest BCUT2D eigenvalue weighted by Gasteiger charge is 2.28. The molecule has 3 aliphatic rings. The molecule has 148 valence electrons. The average Bonchev–Trinajstić information content (AvgIpc) is 3.38. The van der Waals surface area contributed by atoms with E-state index in [1.807, 2.05) is 0 Å². The highest BCUT2D eigenvalue weighted by molar-refractivity contribution is 7.95. The minimum absolute atomic E-state index is 0.0973. The molecule has 1 aromatic rings. The molecule has 2 N–H and O–H groups in total. The maximum absolute atomic E-state index is 12.6. The molecule has 0 saturated carbocycles. The molecule has 6 heteroatoms. The zero-order valence-corrected chi connectivity index (χ0v) is 17.6. The predicted molar refractivity (Wildman–Crippen MR) is 113 cm³/mol. The van der Waals surface area contributed by atoms with Crippen LogP contribution in [0, 0.1) is 0 Å². The second-order valence-corrected chi connectivity index (χ2v) is 9.42. The molecule has 4 rings (SSSR count). The van der Waals surface area contributed by atoms with Crippen molar-refractivity contribution in [2.75, 3.05) is 25.5 Å². The van der Waals surface area contributed by atoms with E-state index in [-0.39, 0.29) is 6.03 Å². The van der Waals surface area contributed by atoms with E-state index in [0.29, 0.717) is 12.1 Å². The molecule has 1 fully saturated rings.